The zero-order chi connectivity index (χ0) is 15.2. The number of aromatic amines is 1. The highest BCUT2D eigenvalue weighted by Gasteiger charge is 2.10. The van der Waals surface area contributed by atoms with E-state index in [9.17, 15) is 4.79 Å². The van der Waals surface area contributed by atoms with Gasteiger partial charge in [0.05, 0.1) is 27.0 Å². The predicted octanol–water partition coefficient (Wildman–Crippen LogP) is 2.94. The van der Waals surface area contributed by atoms with Gasteiger partial charge in [-0.25, -0.2) is 0 Å². The predicted molar refractivity (Wildman–Crippen MR) is 80.3 cm³/mol. The van der Waals surface area contributed by atoms with Crippen LogP contribution in [-0.2, 0) is 0 Å². The van der Waals surface area contributed by atoms with Gasteiger partial charge in [0.2, 0.25) is 5.78 Å². The third-order valence-electron chi connectivity index (χ3n) is 3.01. The number of ketones is 1. The number of allylic oxidation sites excluding steroid dienone is 1. The van der Waals surface area contributed by atoms with E-state index >= 15 is 0 Å². The van der Waals surface area contributed by atoms with Gasteiger partial charge in [0.1, 0.15) is 5.75 Å². The van der Waals surface area contributed by atoms with Crippen LogP contribution in [0.2, 0.25) is 0 Å². The van der Waals surface area contributed by atoms with Crippen LogP contribution in [0.15, 0.2) is 36.5 Å². The Labute approximate surface area is 123 Å². The number of carbonyl (C=O) groups excluding carboxylic acids is 1. The molecular weight excluding hydrogens is 270 g/mol. The van der Waals surface area contributed by atoms with Gasteiger partial charge in [0.25, 0.3) is 0 Å². The number of carbonyl (C=O) groups is 1. The molecule has 0 fully saturated rings. The molecule has 110 valence electrons. The van der Waals surface area contributed by atoms with Crippen LogP contribution < -0.4 is 14.2 Å². The Morgan fingerprint density at radius 1 is 1.05 bits per heavy atom. The summed E-state index contributed by atoms with van der Waals surface area (Å²) in [7, 11) is 4.68. The molecule has 1 aromatic heterocycles. The first-order valence-corrected chi connectivity index (χ1v) is 6.35. The van der Waals surface area contributed by atoms with E-state index in [1.165, 1.54) is 6.08 Å². The summed E-state index contributed by atoms with van der Waals surface area (Å²) in [6, 6.07) is 6.98. The molecule has 0 aliphatic carbocycles. The quantitative estimate of drug-likeness (QED) is 0.655. The third-order valence-corrected chi connectivity index (χ3v) is 3.01. The molecular formula is C16H17NO4. The number of H-pyrrole nitrogens is 1. The van der Waals surface area contributed by atoms with Gasteiger partial charge in [-0.2, -0.15) is 0 Å². The largest absolute Gasteiger partial charge is 0.496 e. The van der Waals surface area contributed by atoms with Crippen LogP contribution in [0.5, 0.6) is 17.2 Å². The van der Waals surface area contributed by atoms with Crippen LogP contribution in [0.3, 0.4) is 0 Å². The highest BCUT2D eigenvalue weighted by Crippen LogP contribution is 2.35. The van der Waals surface area contributed by atoms with Crippen LogP contribution in [-0.4, -0.2) is 32.1 Å². The molecule has 0 spiro atoms. The van der Waals surface area contributed by atoms with Gasteiger partial charge < -0.3 is 19.2 Å². The topological polar surface area (TPSA) is 60.6 Å². The molecule has 0 aliphatic heterocycles. The molecule has 2 rings (SSSR count). The first kappa shape index (κ1) is 14.7. The molecule has 2 aromatic rings. The van der Waals surface area contributed by atoms with Gasteiger partial charge >= 0.3 is 0 Å². The maximum Gasteiger partial charge on any atom is 0.201 e. The Hall–Kier alpha value is -2.69. The van der Waals surface area contributed by atoms with Crippen molar-refractivity contribution < 1.29 is 19.0 Å². The lowest BCUT2D eigenvalue weighted by molar-refractivity contribution is 0.104. The van der Waals surface area contributed by atoms with Crippen molar-refractivity contribution in [3.8, 4) is 17.2 Å². The molecule has 5 nitrogen and oxygen atoms in total. The zero-order valence-electron chi connectivity index (χ0n) is 12.2. The van der Waals surface area contributed by atoms with E-state index in [2.05, 4.69) is 4.98 Å². The third kappa shape index (κ3) is 3.25. The second-order valence-electron chi connectivity index (χ2n) is 4.23. The van der Waals surface area contributed by atoms with Crippen molar-refractivity contribution in [1.29, 1.82) is 0 Å². The summed E-state index contributed by atoms with van der Waals surface area (Å²) in [5.41, 5.74) is 1.26. The minimum Gasteiger partial charge on any atom is -0.496 e. The van der Waals surface area contributed by atoms with Crippen molar-refractivity contribution in [2.24, 2.45) is 0 Å². The van der Waals surface area contributed by atoms with Crippen molar-refractivity contribution in [1.82, 2.24) is 4.98 Å². The average Bonchev–Trinajstić information content (AvgIpc) is 3.06. The first-order chi connectivity index (χ1) is 10.2. The molecule has 1 aromatic carbocycles. The number of hydrogen-bond donors (Lipinski definition) is 1. The molecule has 0 saturated carbocycles. The summed E-state index contributed by atoms with van der Waals surface area (Å²) in [5, 5.41) is 0. The Morgan fingerprint density at radius 2 is 1.71 bits per heavy atom. The van der Waals surface area contributed by atoms with Gasteiger partial charge in [-0.15, -0.1) is 0 Å². The SMILES string of the molecule is COc1cc(OC)c(OC)cc1/C=C/C(=O)c1ccc[nH]1. The highest BCUT2D eigenvalue weighted by atomic mass is 16.5. The molecule has 1 heterocycles. The van der Waals surface area contributed by atoms with Crippen molar-refractivity contribution in [3.05, 3.63) is 47.8 Å². The van der Waals surface area contributed by atoms with Gasteiger partial charge in [-0.1, -0.05) is 0 Å². The summed E-state index contributed by atoms with van der Waals surface area (Å²) >= 11 is 0. The van der Waals surface area contributed by atoms with Crippen molar-refractivity contribution in [2.75, 3.05) is 21.3 Å². The van der Waals surface area contributed by atoms with Gasteiger partial charge in [0.15, 0.2) is 11.5 Å². The lowest BCUT2D eigenvalue weighted by Crippen LogP contribution is -1.96. The van der Waals surface area contributed by atoms with Gasteiger partial charge in [-0.3, -0.25) is 4.79 Å². The van der Waals surface area contributed by atoms with Crippen LogP contribution >= 0.6 is 0 Å². The molecule has 21 heavy (non-hydrogen) atoms. The zero-order valence-corrected chi connectivity index (χ0v) is 12.2. The summed E-state index contributed by atoms with van der Waals surface area (Å²) < 4.78 is 15.8. The standard InChI is InChI=1S/C16H17NO4/c1-19-14-10-16(21-3)15(20-2)9-11(14)6-7-13(18)12-5-4-8-17-12/h4-10,17H,1-3H3/b7-6+. The minimum atomic E-state index is -0.114. The van der Waals surface area contributed by atoms with Crippen molar-refractivity contribution in [2.45, 2.75) is 0 Å². The summed E-state index contributed by atoms with van der Waals surface area (Å²) in [5.74, 6) is 1.63. The van der Waals surface area contributed by atoms with Crippen LogP contribution in [0.1, 0.15) is 16.1 Å². The highest BCUT2D eigenvalue weighted by molar-refractivity contribution is 6.05. The minimum absolute atomic E-state index is 0.114. The Kier molecular flexibility index (Phi) is 4.66. The van der Waals surface area contributed by atoms with E-state index in [0.29, 0.717) is 22.9 Å². The van der Waals surface area contributed by atoms with Crippen LogP contribution in [0, 0.1) is 0 Å². The fraction of sp³-hybridized carbons (Fsp3) is 0.188. The van der Waals surface area contributed by atoms with E-state index in [0.717, 1.165) is 5.56 Å². The summed E-state index contributed by atoms with van der Waals surface area (Å²) in [4.78, 5) is 14.8. The monoisotopic (exact) mass is 287 g/mol. The van der Waals surface area contributed by atoms with E-state index in [-0.39, 0.29) is 5.78 Å². The number of rotatable bonds is 6. The van der Waals surface area contributed by atoms with E-state index in [1.807, 2.05) is 0 Å². The second-order valence-corrected chi connectivity index (χ2v) is 4.23. The molecule has 0 bridgehead atoms. The molecule has 0 amide bonds. The molecule has 0 saturated heterocycles. The summed E-state index contributed by atoms with van der Waals surface area (Å²) in [6.45, 7) is 0. The Bertz CT molecular complexity index is 645. The molecule has 5 heteroatoms. The Morgan fingerprint density at radius 3 is 2.29 bits per heavy atom. The van der Waals surface area contributed by atoms with E-state index in [4.69, 9.17) is 14.2 Å². The maximum absolute atomic E-state index is 11.9. The fourth-order valence-corrected chi connectivity index (χ4v) is 1.92. The molecule has 0 unspecified atom stereocenters. The normalized spacial score (nSPS) is 10.6. The number of ether oxygens (including phenoxy) is 3. The van der Waals surface area contributed by atoms with Gasteiger partial charge in [-0.05, 0) is 30.4 Å². The molecule has 0 atom stereocenters. The average molecular weight is 287 g/mol. The number of benzene rings is 1. The van der Waals surface area contributed by atoms with E-state index in [1.54, 1.807) is 57.9 Å². The molecule has 0 radical (unpaired) electrons. The number of aromatic nitrogens is 1. The number of hydrogen-bond acceptors (Lipinski definition) is 4. The molecule has 1 N–H and O–H groups in total. The van der Waals surface area contributed by atoms with Gasteiger partial charge in [0, 0.05) is 17.8 Å². The second kappa shape index (κ2) is 6.65. The first-order valence-electron chi connectivity index (χ1n) is 6.35. The smallest absolute Gasteiger partial charge is 0.201 e. The molecule has 0 aliphatic rings. The van der Waals surface area contributed by atoms with Crippen molar-refractivity contribution in [3.63, 3.8) is 0 Å². The fourth-order valence-electron chi connectivity index (χ4n) is 1.92. The van der Waals surface area contributed by atoms with E-state index < -0.39 is 0 Å². The lowest BCUT2D eigenvalue weighted by Gasteiger charge is -2.12. The number of nitrogens with one attached hydrogen (secondary N) is 1. The van der Waals surface area contributed by atoms with Crippen LogP contribution in [0.4, 0.5) is 0 Å². The lowest BCUT2D eigenvalue weighted by atomic mass is 10.1. The van der Waals surface area contributed by atoms with Crippen LogP contribution in [0.25, 0.3) is 6.08 Å². The number of methoxy groups -OCH3 is 3. The van der Waals surface area contributed by atoms with Crippen molar-refractivity contribution >= 4 is 11.9 Å². The Balaban J connectivity index is 2.32. The maximum atomic E-state index is 11.9. The summed E-state index contributed by atoms with van der Waals surface area (Å²) in [6.07, 6.45) is 4.87.